The van der Waals surface area contributed by atoms with Gasteiger partial charge in [-0.05, 0) is 6.07 Å². The Hall–Kier alpha value is -2.81. The maximum atomic E-state index is 11.0. The molecule has 0 saturated carbocycles. The zero-order valence-electron chi connectivity index (χ0n) is 11.7. The standard InChI is InChI=1S/C13H14N6O3/c20-19(21)12-1-2-13(17-3-5-22-6-4-17)11(7-12)8-16-18-9-14-15-10-18/h1-2,7-10H,3-6H2. The Morgan fingerprint density at radius 2 is 2.00 bits per heavy atom. The van der Waals surface area contributed by atoms with Gasteiger partial charge in [-0.15, -0.1) is 10.2 Å². The highest BCUT2D eigenvalue weighted by Gasteiger charge is 2.17. The second-order valence-corrected chi connectivity index (χ2v) is 4.69. The van der Waals surface area contributed by atoms with Gasteiger partial charge < -0.3 is 9.64 Å². The molecule has 9 nitrogen and oxygen atoms in total. The van der Waals surface area contributed by atoms with Crippen LogP contribution in [0.1, 0.15) is 5.56 Å². The number of morpholine rings is 1. The number of hydrogen-bond acceptors (Lipinski definition) is 7. The van der Waals surface area contributed by atoms with Crippen LogP contribution in [0.25, 0.3) is 0 Å². The highest BCUT2D eigenvalue weighted by atomic mass is 16.6. The van der Waals surface area contributed by atoms with Crippen molar-refractivity contribution in [1.82, 2.24) is 14.9 Å². The number of rotatable bonds is 4. The lowest BCUT2D eigenvalue weighted by atomic mass is 10.1. The van der Waals surface area contributed by atoms with Gasteiger partial charge in [0.1, 0.15) is 12.7 Å². The van der Waals surface area contributed by atoms with E-state index in [1.807, 2.05) is 0 Å². The van der Waals surface area contributed by atoms with Crippen molar-refractivity contribution in [3.8, 4) is 0 Å². The summed E-state index contributed by atoms with van der Waals surface area (Å²) in [6.45, 7) is 2.76. The summed E-state index contributed by atoms with van der Waals surface area (Å²) in [5, 5.41) is 22.5. The van der Waals surface area contributed by atoms with Crippen molar-refractivity contribution in [1.29, 1.82) is 0 Å². The molecule has 0 amide bonds. The van der Waals surface area contributed by atoms with Crippen LogP contribution in [0.4, 0.5) is 11.4 Å². The minimum Gasteiger partial charge on any atom is -0.378 e. The number of hydrogen-bond donors (Lipinski definition) is 0. The zero-order chi connectivity index (χ0) is 15.4. The lowest BCUT2D eigenvalue weighted by Gasteiger charge is -2.29. The van der Waals surface area contributed by atoms with Gasteiger partial charge in [-0.25, -0.2) is 4.68 Å². The van der Waals surface area contributed by atoms with Crippen LogP contribution >= 0.6 is 0 Å². The van der Waals surface area contributed by atoms with E-state index in [2.05, 4.69) is 20.2 Å². The van der Waals surface area contributed by atoms with E-state index in [4.69, 9.17) is 4.74 Å². The van der Waals surface area contributed by atoms with Crippen LogP contribution < -0.4 is 4.90 Å². The summed E-state index contributed by atoms with van der Waals surface area (Å²) in [6.07, 6.45) is 4.46. The van der Waals surface area contributed by atoms with Gasteiger partial charge in [0.25, 0.3) is 5.69 Å². The first-order chi connectivity index (χ1) is 10.7. The van der Waals surface area contributed by atoms with E-state index in [1.54, 1.807) is 12.3 Å². The smallest absolute Gasteiger partial charge is 0.270 e. The lowest BCUT2D eigenvalue weighted by Crippen LogP contribution is -2.36. The Morgan fingerprint density at radius 3 is 2.68 bits per heavy atom. The molecule has 1 aromatic heterocycles. The third-order valence-electron chi connectivity index (χ3n) is 3.31. The second-order valence-electron chi connectivity index (χ2n) is 4.69. The van der Waals surface area contributed by atoms with Crippen molar-refractivity contribution >= 4 is 17.6 Å². The minimum absolute atomic E-state index is 0.0298. The first kappa shape index (κ1) is 14.1. The van der Waals surface area contributed by atoms with E-state index in [9.17, 15) is 10.1 Å². The molecule has 1 fully saturated rings. The van der Waals surface area contributed by atoms with Crippen LogP contribution in [0.15, 0.2) is 36.0 Å². The maximum absolute atomic E-state index is 11.0. The molecule has 0 aliphatic carbocycles. The maximum Gasteiger partial charge on any atom is 0.270 e. The van der Waals surface area contributed by atoms with Gasteiger partial charge in [0, 0.05) is 36.5 Å². The molecule has 22 heavy (non-hydrogen) atoms. The third kappa shape index (κ3) is 3.09. The summed E-state index contributed by atoms with van der Waals surface area (Å²) in [4.78, 5) is 12.7. The van der Waals surface area contributed by atoms with Crippen molar-refractivity contribution < 1.29 is 9.66 Å². The molecule has 0 unspecified atom stereocenters. The second kappa shape index (κ2) is 6.31. The number of anilines is 1. The van der Waals surface area contributed by atoms with Crippen LogP contribution in [0.3, 0.4) is 0 Å². The molecule has 1 aromatic carbocycles. The van der Waals surface area contributed by atoms with Gasteiger partial charge in [-0.3, -0.25) is 10.1 Å². The van der Waals surface area contributed by atoms with Crippen molar-refractivity contribution in [2.24, 2.45) is 5.10 Å². The Labute approximate surface area is 126 Å². The molecule has 2 aromatic rings. The van der Waals surface area contributed by atoms with Gasteiger partial charge in [0.15, 0.2) is 0 Å². The first-order valence-electron chi connectivity index (χ1n) is 6.74. The van der Waals surface area contributed by atoms with Gasteiger partial charge in [-0.1, -0.05) is 0 Å². The average molecular weight is 302 g/mol. The van der Waals surface area contributed by atoms with Crippen molar-refractivity contribution in [3.05, 3.63) is 46.5 Å². The summed E-state index contributed by atoms with van der Waals surface area (Å²) in [5.74, 6) is 0. The summed E-state index contributed by atoms with van der Waals surface area (Å²) < 4.78 is 6.77. The molecule has 1 aliphatic heterocycles. The number of nitrogens with zero attached hydrogens (tertiary/aromatic N) is 6. The van der Waals surface area contributed by atoms with E-state index in [-0.39, 0.29) is 5.69 Å². The molecule has 1 saturated heterocycles. The fourth-order valence-electron chi connectivity index (χ4n) is 2.23. The molecule has 3 rings (SSSR count). The topological polar surface area (TPSA) is 98.7 Å². The quantitative estimate of drug-likeness (QED) is 0.473. The van der Waals surface area contributed by atoms with Crippen molar-refractivity contribution in [2.45, 2.75) is 0 Å². The first-order valence-corrected chi connectivity index (χ1v) is 6.74. The van der Waals surface area contributed by atoms with E-state index in [1.165, 1.54) is 29.5 Å². The molecule has 0 atom stereocenters. The summed E-state index contributed by atoms with van der Waals surface area (Å²) in [7, 11) is 0. The molecular formula is C13H14N6O3. The predicted octanol–water partition coefficient (Wildman–Crippen LogP) is 0.905. The highest BCUT2D eigenvalue weighted by molar-refractivity contribution is 5.89. The fraction of sp³-hybridized carbons (Fsp3) is 0.308. The van der Waals surface area contributed by atoms with Crippen molar-refractivity contribution in [2.75, 3.05) is 31.2 Å². The minimum atomic E-state index is -0.417. The number of ether oxygens (including phenoxy) is 1. The number of non-ortho nitro benzene ring substituents is 1. The predicted molar refractivity (Wildman–Crippen MR) is 79.1 cm³/mol. The van der Waals surface area contributed by atoms with Crippen LogP contribution in [0.5, 0.6) is 0 Å². The van der Waals surface area contributed by atoms with Gasteiger partial charge >= 0.3 is 0 Å². The number of aromatic nitrogens is 3. The van der Waals surface area contributed by atoms with E-state index < -0.39 is 4.92 Å². The van der Waals surface area contributed by atoms with Gasteiger partial charge in [0.2, 0.25) is 0 Å². The van der Waals surface area contributed by atoms with Crippen LogP contribution in [-0.2, 0) is 4.74 Å². The monoisotopic (exact) mass is 302 g/mol. The Bertz CT molecular complexity index is 679. The van der Waals surface area contributed by atoms with Crippen LogP contribution in [0.2, 0.25) is 0 Å². The molecule has 0 bridgehead atoms. The average Bonchev–Trinajstić information content (AvgIpc) is 3.07. The van der Waals surface area contributed by atoms with E-state index >= 15 is 0 Å². The Morgan fingerprint density at radius 1 is 1.27 bits per heavy atom. The normalized spacial score (nSPS) is 15.4. The largest absolute Gasteiger partial charge is 0.378 e. The number of benzene rings is 1. The van der Waals surface area contributed by atoms with E-state index in [0.717, 1.165) is 18.8 Å². The highest BCUT2D eigenvalue weighted by Crippen LogP contribution is 2.25. The summed E-state index contributed by atoms with van der Waals surface area (Å²) in [6, 6.07) is 4.76. The molecule has 2 heterocycles. The lowest BCUT2D eigenvalue weighted by molar-refractivity contribution is -0.384. The fourth-order valence-corrected chi connectivity index (χ4v) is 2.23. The van der Waals surface area contributed by atoms with Gasteiger partial charge in [0.05, 0.1) is 24.4 Å². The third-order valence-corrected chi connectivity index (χ3v) is 3.31. The zero-order valence-corrected chi connectivity index (χ0v) is 11.7. The molecule has 114 valence electrons. The van der Waals surface area contributed by atoms with E-state index in [0.29, 0.717) is 18.8 Å². The SMILES string of the molecule is O=[N+]([O-])c1ccc(N2CCOCC2)c(C=Nn2cnnc2)c1. The molecule has 1 aliphatic rings. The molecule has 9 heteroatoms. The molecule has 0 N–H and O–H groups in total. The molecule has 0 radical (unpaired) electrons. The van der Waals surface area contributed by atoms with Crippen molar-refractivity contribution in [3.63, 3.8) is 0 Å². The summed E-state index contributed by atoms with van der Waals surface area (Å²) >= 11 is 0. The number of nitro benzene ring substituents is 1. The Balaban J connectivity index is 1.95. The molecular weight excluding hydrogens is 288 g/mol. The van der Waals surface area contributed by atoms with Crippen LogP contribution in [0, 0.1) is 10.1 Å². The summed E-state index contributed by atoms with van der Waals surface area (Å²) in [5.41, 5.74) is 1.60. The van der Waals surface area contributed by atoms with Crippen LogP contribution in [-0.4, -0.2) is 52.3 Å². The number of nitro groups is 1. The molecule has 0 spiro atoms. The van der Waals surface area contributed by atoms with Gasteiger partial charge in [-0.2, -0.15) is 5.10 Å². The Kier molecular flexibility index (Phi) is 4.05.